The Morgan fingerprint density at radius 2 is 1.79 bits per heavy atom. The summed E-state index contributed by atoms with van der Waals surface area (Å²) in [5.41, 5.74) is 2.70. The van der Waals surface area contributed by atoms with E-state index in [2.05, 4.69) is 9.97 Å². The molecule has 0 aliphatic heterocycles. The Hall–Kier alpha value is -2.39. The molecule has 1 N–H and O–H groups in total. The zero-order valence-corrected chi connectivity index (χ0v) is 20.2. The van der Waals surface area contributed by atoms with Crippen molar-refractivity contribution in [1.82, 2.24) is 9.97 Å². The molecule has 1 unspecified atom stereocenters. The summed E-state index contributed by atoms with van der Waals surface area (Å²) in [4.78, 5) is 8.55. The Balaban J connectivity index is 1.67. The number of aromatic amines is 1. The number of rotatable bonds is 7. The number of ether oxygens (including phenoxy) is 1. The van der Waals surface area contributed by atoms with Crippen LogP contribution >= 0.6 is 23.2 Å². The number of hydrogen-bond donors (Lipinski definition) is 1. The summed E-state index contributed by atoms with van der Waals surface area (Å²) in [7, 11) is 0. The minimum atomic E-state index is -4.48. The first-order chi connectivity index (χ1) is 16.2. The lowest BCUT2D eigenvalue weighted by atomic mass is 10.0. The molecule has 1 atom stereocenters. The van der Waals surface area contributed by atoms with Gasteiger partial charge in [-0.05, 0) is 47.9 Å². The highest BCUT2D eigenvalue weighted by Crippen LogP contribution is 2.43. The zero-order valence-electron chi connectivity index (χ0n) is 17.9. The zero-order chi connectivity index (χ0) is 24.5. The maximum Gasteiger partial charge on any atom is 0.422 e. The highest BCUT2D eigenvalue weighted by Gasteiger charge is 2.29. The fourth-order valence-corrected chi connectivity index (χ4v) is 5.01. The largest absolute Gasteiger partial charge is 0.611 e. The van der Waals surface area contributed by atoms with Gasteiger partial charge in [0.05, 0.1) is 15.6 Å². The monoisotopic (exact) mass is 526 g/mol. The van der Waals surface area contributed by atoms with Crippen molar-refractivity contribution in [3.63, 3.8) is 0 Å². The summed E-state index contributed by atoms with van der Waals surface area (Å²) >= 11 is 12.1. The second-order valence-electron chi connectivity index (χ2n) is 7.48. The Labute approximate surface area is 207 Å². The molecule has 0 spiro atoms. The number of fused-ring (bicyclic) bond motifs is 1. The first-order valence-corrected chi connectivity index (χ1v) is 12.4. The Kier molecular flexibility index (Phi) is 7.33. The number of hydrogen-bond acceptors (Lipinski definition) is 3. The number of aromatic nitrogens is 2. The van der Waals surface area contributed by atoms with Gasteiger partial charge in [0.15, 0.2) is 11.5 Å². The molecule has 3 aromatic carbocycles. The van der Waals surface area contributed by atoms with E-state index in [0.717, 1.165) is 10.5 Å². The van der Waals surface area contributed by atoms with Crippen molar-refractivity contribution in [2.45, 2.75) is 24.4 Å². The lowest BCUT2D eigenvalue weighted by Gasteiger charge is -2.15. The SMILES string of the molecule is CC[S+]([O-])c1ccc(Cc2nc3c(Cl)c(-c4ccccc4OCC(F)(F)F)c(Cl)cc3[nH]2)cc1. The Morgan fingerprint density at radius 3 is 2.47 bits per heavy atom. The highest BCUT2D eigenvalue weighted by atomic mass is 35.5. The van der Waals surface area contributed by atoms with Crippen LogP contribution in [0, 0.1) is 0 Å². The normalized spacial score (nSPS) is 12.8. The fourth-order valence-electron chi connectivity index (χ4n) is 3.54. The summed E-state index contributed by atoms with van der Waals surface area (Å²) in [5.74, 6) is 1.20. The molecule has 1 aromatic heterocycles. The van der Waals surface area contributed by atoms with Gasteiger partial charge in [-0.3, -0.25) is 0 Å². The van der Waals surface area contributed by atoms with E-state index in [1.165, 1.54) is 6.07 Å². The molecular weight excluding hydrogens is 508 g/mol. The van der Waals surface area contributed by atoms with Crippen molar-refractivity contribution >= 4 is 45.4 Å². The second-order valence-corrected chi connectivity index (χ2v) is 10.0. The molecule has 10 heteroatoms. The molecule has 0 aliphatic carbocycles. The van der Waals surface area contributed by atoms with Crippen molar-refractivity contribution in [2.75, 3.05) is 12.4 Å². The number of alkyl halides is 3. The van der Waals surface area contributed by atoms with Crippen molar-refractivity contribution in [2.24, 2.45) is 0 Å². The van der Waals surface area contributed by atoms with Gasteiger partial charge >= 0.3 is 6.18 Å². The second kappa shape index (κ2) is 10.1. The first-order valence-electron chi connectivity index (χ1n) is 10.3. The van der Waals surface area contributed by atoms with Crippen LogP contribution in [0.4, 0.5) is 13.2 Å². The standard InChI is InChI=1S/C24H19Cl2F3N2O2S/c1-2-34(32)15-9-7-14(8-10-15)11-20-30-18-12-17(25)21(22(26)23(18)31-20)16-5-3-4-6-19(16)33-13-24(27,28)29/h3-10,12H,2,11,13H2,1H3,(H,30,31). The lowest BCUT2D eigenvalue weighted by molar-refractivity contribution is -0.153. The van der Waals surface area contributed by atoms with E-state index in [9.17, 15) is 17.7 Å². The van der Waals surface area contributed by atoms with Crippen LogP contribution in [-0.4, -0.2) is 33.1 Å². The van der Waals surface area contributed by atoms with Crippen LogP contribution in [0.15, 0.2) is 59.5 Å². The van der Waals surface area contributed by atoms with Crippen LogP contribution in [0.5, 0.6) is 5.75 Å². The van der Waals surface area contributed by atoms with E-state index >= 15 is 0 Å². The molecule has 4 nitrogen and oxygen atoms in total. The summed E-state index contributed by atoms with van der Waals surface area (Å²) < 4.78 is 55.0. The van der Waals surface area contributed by atoms with Crippen LogP contribution in [0.3, 0.4) is 0 Å². The van der Waals surface area contributed by atoms with Gasteiger partial charge in [-0.1, -0.05) is 53.5 Å². The number of halogens is 5. The van der Waals surface area contributed by atoms with Gasteiger partial charge in [-0.2, -0.15) is 13.2 Å². The number of imidazole rings is 1. The maximum absolute atomic E-state index is 12.7. The molecule has 0 amide bonds. The Bertz CT molecular complexity index is 1310. The third kappa shape index (κ3) is 5.46. The molecule has 0 radical (unpaired) electrons. The first kappa shape index (κ1) is 24.7. The highest BCUT2D eigenvalue weighted by molar-refractivity contribution is 7.91. The van der Waals surface area contributed by atoms with Gasteiger partial charge in [-0.15, -0.1) is 0 Å². The van der Waals surface area contributed by atoms with Crippen molar-refractivity contribution in [3.05, 3.63) is 76.0 Å². The predicted molar refractivity (Wildman–Crippen MR) is 129 cm³/mol. The lowest BCUT2D eigenvalue weighted by Crippen LogP contribution is -2.19. The van der Waals surface area contributed by atoms with Crippen LogP contribution in [-0.2, 0) is 17.6 Å². The summed E-state index contributed by atoms with van der Waals surface area (Å²) in [6.07, 6.45) is -4.01. The van der Waals surface area contributed by atoms with Gasteiger partial charge in [0, 0.05) is 17.5 Å². The minimum Gasteiger partial charge on any atom is -0.611 e. The van der Waals surface area contributed by atoms with Gasteiger partial charge in [-0.25, -0.2) is 4.98 Å². The van der Waals surface area contributed by atoms with E-state index in [1.54, 1.807) is 24.3 Å². The van der Waals surface area contributed by atoms with E-state index in [-0.39, 0.29) is 15.8 Å². The number of nitrogens with zero attached hydrogens (tertiary/aromatic N) is 1. The van der Waals surface area contributed by atoms with E-state index in [4.69, 9.17) is 27.9 Å². The van der Waals surface area contributed by atoms with Gasteiger partial charge < -0.3 is 14.3 Å². The third-order valence-electron chi connectivity index (χ3n) is 5.09. The molecule has 1 heterocycles. The van der Waals surface area contributed by atoms with E-state index < -0.39 is 24.0 Å². The van der Waals surface area contributed by atoms with Crippen LogP contribution in [0.25, 0.3) is 22.2 Å². The topological polar surface area (TPSA) is 61.0 Å². The van der Waals surface area contributed by atoms with Crippen molar-refractivity contribution < 1.29 is 22.5 Å². The smallest absolute Gasteiger partial charge is 0.422 e. The molecule has 0 saturated heterocycles. The molecule has 0 fully saturated rings. The Morgan fingerprint density at radius 1 is 1.09 bits per heavy atom. The fraction of sp³-hybridized carbons (Fsp3) is 0.208. The predicted octanol–water partition coefficient (Wildman–Crippen LogP) is 7.20. The van der Waals surface area contributed by atoms with E-state index in [0.29, 0.717) is 40.2 Å². The van der Waals surface area contributed by atoms with Crippen molar-refractivity contribution in [1.29, 1.82) is 0 Å². The molecule has 4 rings (SSSR count). The molecule has 4 aromatic rings. The van der Waals surface area contributed by atoms with Gasteiger partial charge in [0.1, 0.15) is 22.8 Å². The maximum atomic E-state index is 12.7. The van der Waals surface area contributed by atoms with Gasteiger partial charge in [0.2, 0.25) is 0 Å². The molecular formula is C24H19Cl2F3N2O2S. The number of nitrogens with one attached hydrogen (secondary N) is 1. The molecule has 0 bridgehead atoms. The number of H-pyrrole nitrogens is 1. The average molecular weight is 527 g/mol. The molecule has 0 saturated carbocycles. The van der Waals surface area contributed by atoms with E-state index in [1.807, 2.05) is 31.2 Å². The number of para-hydroxylation sites is 1. The van der Waals surface area contributed by atoms with Crippen LogP contribution in [0.1, 0.15) is 18.3 Å². The molecule has 0 aliphatic rings. The van der Waals surface area contributed by atoms with Crippen LogP contribution < -0.4 is 4.74 Å². The quantitative estimate of drug-likeness (QED) is 0.259. The molecule has 34 heavy (non-hydrogen) atoms. The minimum absolute atomic E-state index is 0.0169. The average Bonchev–Trinajstić information content (AvgIpc) is 3.20. The summed E-state index contributed by atoms with van der Waals surface area (Å²) in [5, 5.41) is 0.462. The van der Waals surface area contributed by atoms with Crippen LogP contribution in [0.2, 0.25) is 10.0 Å². The third-order valence-corrected chi connectivity index (χ3v) is 7.07. The van der Waals surface area contributed by atoms with Gasteiger partial charge in [0.25, 0.3) is 0 Å². The van der Waals surface area contributed by atoms with Crippen molar-refractivity contribution in [3.8, 4) is 16.9 Å². The molecule has 178 valence electrons. The summed E-state index contributed by atoms with van der Waals surface area (Å²) in [6.45, 7) is 0.432. The summed E-state index contributed by atoms with van der Waals surface area (Å²) in [6, 6.07) is 15.4. The number of benzene rings is 3.